The largest absolute Gasteiger partial charge is 0.490 e. The first kappa shape index (κ1) is 15.0. The molecule has 1 atom stereocenters. The Morgan fingerprint density at radius 1 is 1.40 bits per heavy atom. The average Bonchev–Trinajstić information content (AvgIpc) is 2.80. The van der Waals surface area contributed by atoms with E-state index in [1.807, 2.05) is 7.05 Å². The van der Waals surface area contributed by atoms with E-state index in [-0.39, 0.29) is 0 Å². The monoisotopic (exact) mass is 288 g/mol. The highest BCUT2D eigenvalue weighted by Crippen LogP contribution is 2.35. The highest BCUT2D eigenvalue weighted by molar-refractivity contribution is 5.58. The van der Waals surface area contributed by atoms with Gasteiger partial charge in [-0.15, -0.1) is 0 Å². The fourth-order valence-corrected chi connectivity index (χ4v) is 2.40. The van der Waals surface area contributed by atoms with Crippen LogP contribution in [0.4, 0.5) is 18.9 Å². The van der Waals surface area contributed by atoms with Gasteiger partial charge in [-0.2, -0.15) is 13.2 Å². The standard InChI is InChI=1S/C14H19F3N2O/c1-18-12-8-10(14(15,16)17)5-6-13(12)20-9-11-4-3-7-19(11)2/h5-6,8,11,18H,3-4,7,9H2,1-2H3/t11-/m0/s1. The molecule has 1 aromatic carbocycles. The Balaban J connectivity index is 2.07. The van der Waals surface area contributed by atoms with E-state index in [0.29, 0.717) is 24.1 Å². The van der Waals surface area contributed by atoms with Crippen LogP contribution >= 0.6 is 0 Å². The summed E-state index contributed by atoms with van der Waals surface area (Å²) >= 11 is 0. The molecule has 0 aliphatic carbocycles. The predicted molar refractivity (Wildman–Crippen MR) is 72.1 cm³/mol. The van der Waals surface area contributed by atoms with E-state index < -0.39 is 11.7 Å². The third-order valence-corrected chi connectivity index (χ3v) is 3.68. The summed E-state index contributed by atoms with van der Waals surface area (Å²) in [6.07, 6.45) is -2.14. The summed E-state index contributed by atoms with van der Waals surface area (Å²) in [6, 6.07) is 3.84. The average molecular weight is 288 g/mol. The number of hydrogen-bond acceptors (Lipinski definition) is 3. The van der Waals surface area contributed by atoms with Crippen LogP contribution in [0.2, 0.25) is 0 Å². The van der Waals surface area contributed by atoms with Crippen LogP contribution in [0.1, 0.15) is 18.4 Å². The van der Waals surface area contributed by atoms with Crippen molar-refractivity contribution in [1.29, 1.82) is 0 Å². The Bertz CT molecular complexity index is 462. The number of likely N-dealkylation sites (tertiary alicyclic amines) is 1. The smallest absolute Gasteiger partial charge is 0.416 e. The first-order chi connectivity index (χ1) is 9.41. The number of alkyl halides is 3. The Morgan fingerprint density at radius 3 is 2.70 bits per heavy atom. The molecule has 0 aromatic heterocycles. The molecular formula is C14H19F3N2O. The number of halogens is 3. The van der Waals surface area contributed by atoms with E-state index >= 15 is 0 Å². The van der Waals surface area contributed by atoms with Crippen LogP contribution in [-0.4, -0.2) is 38.2 Å². The molecule has 1 saturated heterocycles. The third-order valence-electron chi connectivity index (χ3n) is 3.68. The van der Waals surface area contributed by atoms with Crippen molar-refractivity contribution >= 4 is 5.69 Å². The first-order valence-corrected chi connectivity index (χ1v) is 6.64. The topological polar surface area (TPSA) is 24.5 Å². The quantitative estimate of drug-likeness (QED) is 0.920. The second kappa shape index (κ2) is 5.91. The van der Waals surface area contributed by atoms with Gasteiger partial charge in [-0.25, -0.2) is 0 Å². The van der Waals surface area contributed by atoms with Gasteiger partial charge < -0.3 is 15.0 Å². The molecule has 0 bridgehead atoms. The van der Waals surface area contributed by atoms with Gasteiger partial charge in [0.1, 0.15) is 12.4 Å². The lowest BCUT2D eigenvalue weighted by Crippen LogP contribution is -2.30. The van der Waals surface area contributed by atoms with E-state index in [9.17, 15) is 13.2 Å². The van der Waals surface area contributed by atoms with Crippen LogP contribution in [0.3, 0.4) is 0 Å². The number of nitrogens with zero attached hydrogens (tertiary/aromatic N) is 1. The number of anilines is 1. The van der Waals surface area contributed by atoms with E-state index in [0.717, 1.165) is 31.5 Å². The Labute approximate surface area is 116 Å². The summed E-state index contributed by atoms with van der Waals surface area (Å²) in [7, 11) is 3.62. The molecule has 1 aromatic rings. The Hall–Kier alpha value is -1.43. The SMILES string of the molecule is CNc1cc(C(F)(F)F)ccc1OC[C@@H]1CCCN1C. The molecule has 20 heavy (non-hydrogen) atoms. The van der Waals surface area contributed by atoms with Crippen LogP contribution in [-0.2, 0) is 6.18 Å². The van der Waals surface area contributed by atoms with Gasteiger partial charge in [-0.1, -0.05) is 0 Å². The lowest BCUT2D eigenvalue weighted by atomic mass is 10.1. The molecule has 1 aliphatic rings. The van der Waals surface area contributed by atoms with Gasteiger partial charge in [0, 0.05) is 13.1 Å². The summed E-state index contributed by atoms with van der Waals surface area (Å²) in [5.74, 6) is 0.459. The molecular weight excluding hydrogens is 269 g/mol. The molecule has 0 spiro atoms. The number of rotatable bonds is 4. The summed E-state index contributed by atoms with van der Waals surface area (Å²) < 4.78 is 43.6. The molecule has 0 unspecified atom stereocenters. The van der Waals surface area contributed by atoms with E-state index in [4.69, 9.17) is 4.74 Å². The molecule has 0 radical (unpaired) electrons. The van der Waals surface area contributed by atoms with Gasteiger partial charge >= 0.3 is 6.18 Å². The second-order valence-electron chi connectivity index (χ2n) is 5.05. The fraction of sp³-hybridized carbons (Fsp3) is 0.571. The van der Waals surface area contributed by atoms with Crippen molar-refractivity contribution < 1.29 is 17.9 Å². The van der Waals surface area contributed by atoms with Crippen LogP contribution < -0.4 is 10.1 Å². The number of benzene rings is 1. The zero-order valence-corrected chi connectivity index (χ0v) is 11.6. The third kappa shape index (κ3) is 3.36. The van der Waals surface area contributed by atoms with E-state index in [1.165, 1.54) is 6.07 Å². The van der Waals surface area contributed by atoms with Crippen molar-refractivity contribution in [2.45, 2.75) is 25.1 Å². The number of likely N-dealkylation sites (N-methyl/N-ethyl adjacent to an activating group) is 1. The molecule has 0 saturated carbocycles. The lowest BCUT2D eigenvalue weighted by Gasteiger charge is -2.21. The summed E-state index contributed by atoms with van der Waals surface area (Å²) in [5, 5.41) is 2.76. The fourth-order valence-electron chi connectivity index (χ4n) is 2.40. The van der Waals surface area contributed by atoms with Crippen molar-refractivity contribution in [1.82, 2.24) is 4.90 Å². The molecule has 0 amide bonds. The predicted octanol–water partition coefficient (Wildman–Crippen LogP) is 3.22. The van der Waals surface area contributed by atoms with Crippen molar-refractivity contribution in [3.05, 3.63) is 23.8 Å². The van der Waals surface area contributed by atoms with Crippen LogP contribution in [0, 0.1) is 0 Å². The van der Waals surface area contributed by atoms with Gasteiger partial charge in [0.2, 0.25) is 0 Å². The van der Waals surface area contributed by atoms with Crippen molar-refractivity contribution in [2.75, 3.05) is 32.6 Å². The molecule has 6 heteroatoms. The van der Waals surface area contributed by atoms with Gasteiger partial charge in [0.05, 0.1) is 11.3 Å². The van der Waals surface area contributed by atoms with E-state index in [2.05, 4.69) is 10.2 Å². The normalized spacial score (nSPS) is 20.1. The van der Waals surface area contributed by atoms with E-state index in [1.54, 1.807) is 7.05 Å². The molecule has 1 fully saturated rings. The van der Waals surface area contributed by atoms with Crippen molar-refractivity contribution in [3.8, 4) is 5.75 Å². The highest BCUT2D eigenvalue weighted by Gasteiger charge is 2.31. The van der Waals surface area contributed by atoms with Gasteiger partial charge in [-0.3, -0.25) is 0 Å². The van der Waals surface area contributed by atoms with Crippen LogP contribution in [0.25, 0.3) is 0 Å². The van der Waals surface area contributed by atoms with Crippen molar-refractivity contribution in [3.63, 3.8) is 0 Å². The first-order valence-electron chi connectivity index (χ1n) is 6.64. The van der Waals surface area contributed by atoms with Gasteiger partial charge in [0.25, 0.3) is 0 Å². The minimum absolute atomic E-state index is 0.335. The van der Waals surface area contributed by atoms with Crippen LogP contribution in [0.5, 0.6) is 5.75 Å². The number of hydrogen-bond donors (Lipinski definition) is 1. The zero-order chi connectivity index (χ0) is 14.8. The zero-order valence-electron chi connectivity index (χ0n) is 11.6. The maximum atomic E-state index is 12.6. The summed E-state index contributed by atoms with van der Waals surface area (Å²) in [6.45, 7) is 1.54. The lowest BCUT2D eigenvalue weighted by molar-refractivity contribution is -0.137. The van der Waals surface area contributed by atoms with Gasteiger partial charge in [0.15, 0.2) is 0 Å². The number of ether oxygens (including phenoxy) is 1. The molecule has 3 nitrogen and oxygen atoms in total. The maximum absolute atomic E-state index is 12.6. The molecule has 1 aliphatic heterocycles. The minimum Gasteiger partial charge on any atom is -0.490 e. The molecule has 1 N–H and O–H groups in total. The second-order valence-corrected chi connectivity index (χ2v) is 5.05. The minimum atomic E-state index is -4.34. The Morgan fingerprint density at radius 2 is 2.15 bits per heavy atom. The molecule has 1 heterocycles. The maximum Gasteiger partial charge on any atom is 0.416 e. The summed E-state index contributed by atoms with van der Waals surface area (Å²) in [5.41, 5.74) is -0.312. The summed E-state index contributed by atoms with van der Waals surface area (Å²) in [4.78, 5) is 2.21. The van der Waals surface area contributed by atoms with Crippen LogP contribution in [0.15, 0.2) is 18.2 Å². The van der Waals surface area contributed by atoms with Gasteiger partial charge in [-0.05, 0) is 44.6 Å². The van der Waals surface area contributed by atoms with Crippen molar-refractivity contribution in [2.24, 2.45) is 0 Å². The number of nitrogens with one attached hydrogen (secondary N) is 1. The molecule has 2 rings (SSSR count). The Kier molecular flexibility index (Phi) is 4.42. The molecule has 112 valence electrons. The highest BCUT2D eigenvalue weighted by atomic mass is 19.4.